The Labute approximate surface area is 190 Å². The Morgan fingerprint density at radius 3 is 2.53 bits per heavy atom. The number of aromatic nitrogens is 3. The number of rotatable bonds is 4. The highest BCUT2D eigenvalue weighted by atomic mass is 35.5. The number of fused-ring (bicyclic) bond motifs is 1. The Bertz CT molecular complexity index is 1240. The molecule has 0 unspecified atom stereocenters. The molecule has 2 aromatic heterocycles. The molecule has 1 atom stereocenters. The number of aliphatic hydroxyl groups is 1. The van der Waals surface area contributed by atoms with Crippen molar-refractivity contribution < 1.29 is 9.90 Å². The number of para-hydroxylation sites is 1. The fraction of sp³-hybridized carbons (Fsp3) is 0.208. The maximum atomic E-state index is 13.6. The number of carbonyl (C=O) groups is 1. The highest BCUT2D eigenvalue weighted by Gasteiger charge is 2.31. The van der Waals surface area contributed by atoms with Crippen molar-refractivity contribution in [2.75, 3.05) is 31.1 Å². The summed E-state index contributed by atoms with van der Waals surface area (Å²) >= 11 is 6.02. The number of hydrogen-bond acceptors (Lipinski definition) is 5. The summed E-state index contributed by atoms with van der Waals surface area (Å²) in [7, 11) is 0. The molecule has 3 heterocycles. The van der Waals surface area contributed by atoms with E-state index in [-0.39, 0.29) is 18.6 Å². The van der Waals surface area contributed by atoms with E-state index < -0.39 is 0 Å². The topological polar surface area (TPSA) is 74.5 Å². The molecule has 1 aliphatic heterocycles. The largest absolute Gasteiger partial charge is 0.394 e. The number of aliphatic hydroxyl groups excluding tert-OH is 1. The van der Waals surface area contributed by atoms with E-state index in [1.165, 1.54) is 0 Å². The zero-order valence-corrected chi connectivity index (χ0v) is 18.1. The minimum absolute atomic E-state index is 0.0496. The van der Waals surface area contributed by atoms with Crippen LogP contribution in [0.5, 0.6) is 0 Å². The Morgan fingerprint density at radius 1 is 1.03 bits per heavy atom. The van der Waals surface area contributed by atoms with Crippen LogP contribution in [0, 0.1) is 0 Å². The van der Waals surface area contributed by atoms with Gasteiger partial charge in [-0.1, -0.05) is 29.8 Å². The molecule has 162 valence electrons. The zero-order chi connectivity index (χ0) is 22.1. The Kier molecular flexibility index (Phi) is 5.51. The number of nitrogens with zero attached hydrogens (tertiary/aromatic N) is 5. The van der Waals surface area contributed by atoms with Crippen molar-refractivity contribution in [1.82, 2.24) is 19.4 Å². The Morgan fingerprint density at radius 2 is 1.78 bits per heavy atom. The van der Waals surface area contributed by atoms with Crippen LogP contribution in [0.4, 0.5) is 5.69 Å². The molecule has 4 aromatic rings. The Hall–Kier alpha value is -3.42. The van der Waals surface area contributed by atoms with Gasteiger partial charge in [0.1, 0.15) is 0 Å². The van der Waals surface area contributed by atoms with Crippen LogP contribution in [0.2, 0.25) is 5.02 Å². The number of piperazine rings is 1. The van der Waals surface area contributed by atoms with Crippen molar-refractivity contribution in [3.63, 3.8) is 0 Å². The maximum Gasteiger partial charge on any atom is 0.256 e. The normalized spacial score (nSPS) is 16.5. The summed E-state index contributed by atoms with van der Waals surface area (Å²) in [6, 6.07) is 16.9. The quantitative estimate of drug-likeness (QED) is 0.519. The molecule has 0 aliphatic carbocycles. The number of hydrogen-bond donors (Lipinski definition) is 1. The van der Waals surface area contributed by atoms with Crippen LogP contribution >= 0.6 is 11.6 Å². The molecule has 0 bridgehead atoms. The smallest absolute Gasteiger partial charge is 0.256 e. The second kappa shape index (κ2) is 8.61. The predicted molar refractivity (Wildman–Crippen MR) is 124 cm³/mol. The van der Waals surface area contributed by atoms with Crippen molar-refractivity contribution >= 4 is 34.1 Å². The number of halogens is 1. The summed E-state index contributed by atoms with van der Waals surface area (Å²) < 4.78 is 1.84. The molecule has 1 fully saturated rings. The fourth-order valence-electron chi connectivity index (χ4n) is 4.27. The standard InChI is InChI=1S/C24H22ClN5O2/c25-17-6-8-18(9-7-17)29-13-12-28(14-19(29)16-31)23(32)21-15-30(24-26-10-3-11-27-24)22-5-2-1-4-20(21)22/h1-11,15,19,31H,12-14,16H2/t19-/m0/s1. The molecule has 0 saturated carbocycles. The van der Waals surface area contributed by atoms with E-state index in [1.54, 1.807) is 18.5 Å². The number of amides is 1. The molecule has 1 aliphatic rings. The van der Waals surface area contributed by atoms with E-state index in [0.717, 1.165) is 16.6 Å². The second-order valence-corrected chi connectivity index (χ2v) is 8.17. The van der Waals surface area contributed by atoms with Crippen LogP contribution in [0.15, 0.2) is 73.2 Å². The molecule has 7 nitrogen and oxygen atoms in total. The predicted octanol–water partition coefficient (Wildman–Crippen LogP) is 3.40. The van der Waals surface area contributed by atoms with Gasteiger partial charge < -0.3 is 14.9 Å². The van der Waals surface area contributed by atoms with Gasteiger partial charge in [-0.25, -0.2) is 9.97 Å². The van der Waals surface area contributed by atoms with E-state index in [1.807, 2.05) is 64.2 Å². The molecular formula is C24H22ClN5O2. The van der Waals surface area contributed by atoms with Gasteiger partial charge in [0.25, 0.3) is 5.91 Å². The van der Waals surface area contributed by atoms with Gasteiger partial charge in [-0.2, -0.15) is 0 Å². The van der Waals surface area contributed by atoms with Gasteiger partial charge in [0.05, 0.1) is 23.7 Å². The van der Waals surface area contributed by atoms with E-state index in [9.17, 15) is 9.90 Å². The molecule has 32 heavy (non-hydrogen) atoms. The van der Waals surface area contributed by atoms with E-state index in [4.69, 9.17) is 11.6 Å². The molecular weight excluding hydrogens is 426 g/mol. The first-order valence-corrected chi connectivity index (χ1v) is 10.8. The lowest BCUT2D eigenvalue weighted by atomic mass is 10.1. The highest BCUT2D eigenvalue weighted by molar-refractivity contribution is 6.30. The average Bonchev–Trinajstić information content (AvgIpc) is 3.24. The first-order chi connectivity index (χ1) is 15.7. The summed E-state index contributed by atoms with van der Waals surface area (Å²) in [6.45, 7) is 1.56. The van der Waals surface area contributed by atoms with Crippen LogP contribution in [-0.2, 0) is 0 Å². The third-order valence-corrected chi connectivity index (χ3v) is 6.10. The minimum Gasteiger partial charge on any atom is -0.394 e. The molecule has 0 spiro atoms. The van der Waals surface area contributed by atoms with Crippen molar-refractivity contribution in [3.8, 4) is 5.95 Å². The van der Waals surface area contributed by atoms with Crippen LogP contribution in [-0.4, -0.2) is 62.7 Å². The lowest BCUT2D eigenvalue weighted by Crippen LogP contribution is -2.56. The van der Waals surface area contributed by atoms with Gasteiger partial charge in [0.15, 0.2) is 0 Å². The first-order valence-electron chi connectivity index (χ1n) is 10.5. The van der Waals surface area contributed by atoms with Crippen LogP contribution < -0.4 is 4.90 Å². The van der Waals surface area contributed by atoms with Gasteiger partial charge in [-0.15, -0.1) is 0 Å². The third-order valence-electron chi connectivity index (χ3n) is 5.85. The van der Waals surface area contributed by atoms with E-state index >= 15 is 0 Å². The molecule has 8 heteroatoms. The second-order valence-electron chi connectivity index (χ2n) is 7.74. The van der Waals surface area contributed by atoms with Crippen LogP contribution in [0.3, 0.4) is 0 Å². The summed E-state index contributed by atoms with van der Waals surface area (Å²) in [5.41, 5.74) is 2.46. The summed E-state index contributed by atoms with van der Waals surface area (Å²) in [4.78, 5) is 26.2. The number of carbonyl (C=O) groups excluding carboxylic acids is 1. The number of benzene rings is 2. The SMILES string of the molecule is O=C(c1cn(-c2ncccn2)c2ccccc12)N1CCN(c2ccc(Cl)cc2)[C@H](CO)C1. The molecule has 2 aromatic carbocycles. The van der Waals surface area contributed by atoms with Crippen LogP contribution in [0.25, 0.3) is 16.9 Å². The molecule has 1 amide bonds. The van der Waals surface area contributed by atoms with Gasteiger partial charge in [-0.05, 0) is 36.4 Å². The van der Waals surface area contributed by atoms with Gasteiger partial charge in [0, 0.05) is 54.3 Å². The highest BCUT2D eigenvalue weighted by Crippen LogP contribution is 2.27. The van der Waals surface area contributed by atoms with Crippen molar-refractivity contribution in [2.24, 2.45) is 0 Å². The summed E-state index contributed by atoms with van der Waals surface area (Å²) in [6.07, 6.45) is 5.17. The summed E-state index contributed by atoms with van der Waals surface area (Å²) in [5, 5.41) is 11.6. The third kappa shape index (κ3) is 3.70. The molecule has 1 saturated heterocycles. The van der Waals surface area contributed by atoms with Crippen LogP contribution in [0.1, 0.15) is 10.4 Å². The lowest BCUT2D eigenvalue weighted by molar-refractivity contribution is 0.0701. The average molecular weight is 448 g/mol. The Balaban J connectivity index is 1.44. The zero-order valence-electron chi connectivity index (χ0n) is 17.3. The van der Waals surface area contributed by atoms with Gasteiger partial charge >= 0.3 is 0 Å². The van der Waals surface area contributed by atoms with E-state index in [2.05, 4.69) is 14.9 Å². The maximum absolute atomic E-state index is 13.6. The minimum atomic E-state index is -0.195. The first kappa shape index (κ1) is 20.5. The van der Waals surface area contributed by atoms with E-state index in [0.29, 0.717) is 36.2 Å². The fourth-order valence-corrected chi connectivity index (χ4v) is 4.40. The van der Waals surface area contributed by atoms with Crippen molar-refractivity contribution in [1.29, 1.82) is 0 Å². The van der Waals surface area contributed by atoms with Gasteiger partial charge in [-0.3, -0.25) is 9.36 Å². The van der Waals surface area contributed by atoms with Gasteiger partial charge in [0.2, 0.25) is 5.95 Å². The lowest BCUT2D eigenvalue weighted by Gasteiger charge is -2.42. The monoisotopic (exact) mass is 447 g/mol. The molecule has 5 rings (SSSR count). The summed E-state index contributed by atoms with van der Waals surface area (Å²) in [5.74, 6) is 0.452. The molecule has 0 radical (unpaired) electrons. The molecule has 1 N–H and O–H groups in total. The van der Waals surface area contributed by atoms with Crippen molar-refractivity contribution in [3.05, 3.63) is 83.8 Å². The number of anilines is 1. The van der Waals surface area contributed by atoms with Crippen molar-refractivity contribution in [2.45, 2.75) is 6.04 Å².